The van der Waals surface area contributed by atoms with Crippen molar-refractivity contribution in [3.8, 4) is 0 Å². The van der Waals surface area contributed by atoms with Gasteiger partial charge in [0.1, 0.15) is 0 Å². The summed E-state index contributed by atoms with van der Waals surface area (Å²) in [6.45, 7) is 1.32. The van der Waals surface area contributed by atoms with Crippen molar-refractivity contribution in [2.45, 2.75) is 13.1 Å². The Hall–Kier alpha value is -3.03. The van der Waals surface area contributed by atoms with Crippen LogP contribution in [-0.2, 0) is 11.0 Å². The zero-order valence-electron chi connectivity index (χ0n) is 12.6. The third-order valence-corrected chi connectivity index (χ3v) is 2.99. The van der Waals surface area contributed by atoms with Crippen LogP contribution in [-0.4, -0.2) is 11.8 Å². The number of anilines is 2. The lowest BCUT2D eigenvalue weighted by molar-refractivity contribution is -0.137. The molecule has 2 rings (SSSR count). The number of hydrogen-bond acceptors (Lipinski definition) is 3. The van der Waals surface area contributed by atoms with Crippen LogP contribution >= 0.6 is 0 Å². The van der Waals surface area contributed by atoms with Crippen molar-refractivity contribution in [2.75, 3.05) is 10.7 Å². The summed E-state index contributed by atoms with van der Waals surface area (Å²) in [5, 5.41) is 2.51. The van der Waals surface area contributed by atoms with Gasteiger partial charge in [0.05, 0.1) is 11.3 Å². The van der Waals surface area contributed by atoms with E-state index in [4.69, 9.17) is 0 Å². The fraction of sp³-hybridized carbons (Fsp3) is 0.125. The van der Waals surface area contributed by atoms with Crippen LogP contribution in [0.5, 0.6) is 0 Å². The number of hydrazine groups is 1. The molecule has 24 heavy (non-hydrogen) atoms. The zero-order valence-corrected chi connectivity index (χ0v) is 12.6. The van der Waals surface area contributed by atoms with Gasteiger partial charge in [0.2, 0.25) is 5.91 Å². The van der Waals surface area contributed by atoms with Gasteiger partial charge in [0, 0.05) is 18.2 Å². The first-order valence-electron chi connectivity index (χ1n) is 6.87. The molecule has 0 heterocycles. The van der Waals surface area contributed by atoms with Crippen LogP contribution in [0.25, 0.3) is 0 Å². The van der Waals surface area contributed by atoms with Crippen molar-refractivity contribution in [3.05, 3.63) is 59.7 Å². The fourth-order valence-corrected chi connectivity index (χ4v) is 1.98. The molecule has 0 bridgehead atoms. The molecule has 0 saturated heterocycles. The molecule has 2 aromatic carbocycles. The van der Waals surface area contributed by atoms with Gasteiger partial charge in [0.25, 0.3) is 5.91 Å². The third kappa shape index (κ3) is 4.48. The molecule has 2 amide bonds. The summed E-state index contributed by atoms with van der Waals surface area (Å²) >= 11 is 0. The van der Waals surface area contributed by atoms with Crippen LogP contribution in [0.2, 0.25) is 0 Å². The molecule has 2 aromatic rings. The number of benzene rings is 2. The lowest BCUT2D eigenvalue weighted by atomic mass is 10.1. The first-order valence-corrected chi connectivity index (χ1v) is 6.87. The Balaban J connectivity index is 2.11. The highest BCUT2D eigenvalue weighted by molar-refractivity contribution is 5.97. The predicted octanol–water partition coefficient (Wildman–Crippen LogP) is 3.42. The first-order chi connectivity index (χ1) is 11.3. The Morgan fingerprint density at radius 3 is 2.38 bits per heavy atom. The fourth-order valence-electron chi connectivity index (χ4n) is 1.98. The molecular weight excluding hydrogens is 323 g/mol. The van der Waals surface area contributed by atoms with Gasteiger partial charge in [-0.15, -0.1) is 0 Å². The van der Waals surface area contributed by atoms with Crippen molar-refractivity contribution in [1.82, 2.24) is 5.43 Å². The van der Waals surface area contributed by atoms with Crippen LogP contribution in [0.4, 0.5) is 24.5 Å². The lowest BCUT2D eigenvalue weighted by Crippen LogP contribution is -2.30. The van der Waals surface area contributed by atoms with E-state index in [2.05, 4.69) is 16.2 Å². The third-order valence-electron chi connectivity index (χ3n) is 2.99. The largest absolute Gasteiger partial charge is 0.418 e. The molecule has 0 aliphatic carbocycles. The van der Waals surface area contributed by atoms with Crippen molar-refractivity contribution < 1.29 is 22.8 Å². The van der Waals surface area contributed by atoms with Gasteiger partial charge in [-0.05, 0) is 30.3 Å². The lowest BCUT2D eigenvalue weighted by Gasteiger charge is -2.15. The minimum atomic E-state index is -4.54. The van der Waals surface area contributed by atoms with Crippen LogP contribution in [0.15, 0.2) is 48.5 Å². The molecule has 8 heteroatoms. The summed E-state index contributed by atoms with van der Waals surface area (Å²) < 4.78 is 38.6. The topological polar surface area (TPSA) is 70.2 Å². The van der Waals surface area contributed by atoms with E-state index < -0.39 is 17.6 Å². The second-order valence-corrected chi connectivity index (χ2v) is 4.88. The maximum Gasteiger partial charge on any atom is 0.418 e. The quantitative estimate of drug-likeness (QED) is 0.749. The van der Waals surface area contributed by atoms with E-state index in [1.807, 2.05) is 0 Å². The summed E-state index contributed by atoms with van der Waals surface area (Å²) in [4.78, 5) is 23.1. The molecule has 0 saturated carbocycles. The van der Waals surface area contributed by atoms with E-state index in [1.54, 1.807) is 12.1 Å². The van der Waals surface area contributed by atoms with E-state index in [9.17, 15) is 22.8 Å². The Kier molecular flexibility index (Phi) is 5.08. The molecule has 0 aliphatic heterocycles. The predicted molar refractivity (Wildman–Crippen MR) is 83.3 cm³/mol. The van der Waals surface area contributed by atoms with E-state index in [0.717, 1.165) is 6.07 Å². The van der Waals surface area contributed by atoms with E-state index in [-0.39, 0.29) is 17.2 Å². The Morgan fingerprint density at radius 1 is 1.00 bits per heavy atom. The maximum atomic E-state index is 12.9. The summed E-state index contributed by atoms with van der Waals surface area (Å²) in [5.41, 5.74) is 3.91. The molecule has 0 unspecified atom stereocenters. The molecular formula is C16H14F3N3O2. The minimum absolute atomic E-state index is 0.179. The molecule has 126 valence electrons. The van der Waals surface area contributed by atoms with Crippen LogP contribution in [0.1, 0.15) is 22.8 Å². The summed E-state index contributed by atoms with van der Waals surface area (Å²) in [7, 11) is 0. The number of halogens is 3. The molecule has 0 fully saturated rings. The number of amides is 2. The molecule has 0 atom stereocenters. The zero-order chi connectivity index (χ0) is 17.7. The maximum absolute atomic E-state index is 12.9. The van der Waals surface area contributed by atoms with Gasteiger partial charge in [-0.3, -0.25) is 20.4 Å². The van der Waals surface area contributed by atoms with Gasteiger partial charge < -0.3 is 5.32 Å². The van der Waals surface area contributed by atoms with E-state index in [0.29, 0.717) is 5.69 Å². The van der Waals surface area contributed by atoms with Crippen molar-refractivity contribution in [3.63, 3.8) is 0 Å². The second-order valence-electron chi connectivity index (χ2n) is 4.88. The average Bonchev–Trinajstić information content (AvgIpc) is 2.51. The average molecular weight is 337 g/mol. The van der Waals surface area contributed by atoms with Crippen LogP contribution in [0, 0.1) is 0 Å². The summed E-state index contributed by atoms with van der Waals surface area (Å²) in [5.74, 6) is -0.941. The number of alkyl halides is 3. The highest BCUT2D eigenvalue weighted by Gasteiger charge is 2.33. The number of carbonyl (C=O) groups excluding carboxylic acids is 2. The Bertz CT molecular complexity index is 760. The van der Waals surface area contributed by atoms with Gasteiger partial charge in [-0.25, -0.2) is 0 Å². The number of rotatable bonds is 4. The van der Waals surface area contributed by atoms with E-state index in [1.165, 1.54) is 37.3 Å². The molecule has 0 radical (unpaired) electrons. The summed E-state index contributed by atoms with van der Waals surface area (Å²) in [6, 6.07) is 10.8. The van der Waals surface area contributed by atoms with Gasteiger partial charge >= 0.3 is 6.18 Å². The Labute approximate surface area is 135 Å². The molecule has 0 aliphatic rings. The Morgan fingerprint density at radius 2 is 1.71 bits per heavy atom. The van der Waals surface area contributed by atoms with Gasteiger partial charge in [-0.1, -0.05) is 18.2 Å². The number of para-hydroxylation sites is 1. The van der Waals surface area contributed by atoms with Gasteiger partial charge in [0.15, 0.2) is 0 Å². The normalized spacial score (nSPS) is 10.8. The molecule has 0 spiro atoms. The van der Waals surface area contributed by atoms with Crippen molar-refractivity contribution in [2.24, 2.45) is 0 Å². The highest BCUT2D eigenvalue weighted by Crippen LogP contribution is 2.34. The smallest absolute Gasteiger partial charge is 0.326 e. The summed E-state index contributed by atoms with van der Waals surface area (Å²) in [6.07, 6.45) is -4.54. The minimum Gasteiger partial charge on any atom is -0.326 e. The molecule has 5 nitrogen and oxygen atoms in total. The molecule has 0 aromatic heterocycles. The van der Waals surface area contributed by atoms with Crippen molar-refractivity contribution in [1.29, 1.82) is 0 Å². The standard InChI is InChI=1S/C16H14F3N3O2/c1-10(23)20-12-6-4-5-11(9-12)15(24)22-21-14-8-3-2-7-13(14)16(17,18)19/h2-9,21H,1H3,(H,20,23)(H,22,24). The van der Waals surface area contributed by atoms with Crippen LogP contribution < -0.4 is 16.2 Å². The number of nitrogens with one attached hydrogen (secondary N) is 3. The highest BCUT2D eigenvalue weighted by atomic mass is 19.4. The van der Waals surface area contributed by atoms with Crippen molar-refractivity contribution >= 4 is 23.2 Å². The first kappa shape index (κ1) is 17.3. The number of carbonyl (C=O) groups is 2. The van der Waals surface area contributed by atoms with Crippen LogP contribution in [0.3, 0.4) is 0 Å². The monoisotopic (exact) mass is 337 g/mol. The van der Waals surface area contributed by atoms with Gasteiger partial charge in [-0.2, -0.15) is 13.2 Å². The second kappa shape index (κ2) is 7.03. The molecule has 3 N–H and O–H groups in total. The number of hydrogen-bond donors (Lipinski definition) is 3. The van der Waals surface area contributed by atoms with E-state index >= 15 is 0 Å². The SMILES string of the molecule is CC(=O)Nc1cccc(C(=O)NNc2ccccc2C(F)(F)F)c1.